The van der Waals surface area contributed by atoms with Crippen LogP contribution in [0.2, 0.25) is 0 Å². The molecule has 0 atom stereocenters. The van der Waals surface area contributed by atoms with E-state index in [2.05, 4.69) is 5.32 Å². The van der Waals surface area contributed by atoms with E-state index in [0.29, 0.717) is 0 Å². The summed E-state index contributed by atoms with van der Waals surface area (Å²) in [5.74, 6) is -0.203. The average molecular weight is 281 g/mol. The van der Waals surface area contributed by atoms with Crippen LogP contribution in [0.3, 0.4) is 0 Å². The molecular formula is C11H14F3NO2S. The van der Waals surface area contributed by atoms with Gasteiger partial charge in [-0.15, -0.1) is 0 Å². The van der Waals surface area contributed by atoms with Crippen LogP contribution in [0.5, 0.6) is 0 Å². The molecule has 0 aliphatic heterocycles. The number of alkyl halides is 3. The Morgan fingerprint density at radius 3 is 2.39 bits per heavy atom. The van der Waals surface area contributed by atoms with Crippen LogP contribution >= 0.6 is 0 Å². The van der Waals surface area contributed by atoms with Crippen LogP contribution in [0.15, 0.2) is 24.3 Å². The molecule has 0 heterocycles. The number of hydrogen-bond donors (Lipinski definition) is 1. The van der Waals surface area contributed by atoms with E-state index in [1.807, 2.05) is 0 Å². The van der Waals surface area contributed by atoms with Gasteiger partial charge >= 0.3 is 6.18 Å². The number of nitrogens with one attached hydrogen (secondary N) is 1. The van der Waals surface area contributed by atoms with Gasteiger partial charge in [0.15, 0.2) is 9.84 Å². The van der Waals surface area contributed by atoms with Crippen molar-refractivity contribution in [1.82, 2.24) is 0 Å². The minimum absolute atomic E-state index is 0.0183. The molecule has 0 amide bonds. The van der Waals surface area contributed by atoms with Gasteiger partial charge in [0.05, 0.1) is 11.3 Å². The molecule has 0 saturated heterocycles. The Kier molecular flexibility index (Phi) is 4.61. The molecule has 1 aromatic rings. The Bertz CT molecular complexity index is 497. The summed E-state index contributed by atoms with van der Waals surface area (Å²) >= 11 is 0. The summed E-state index contributed by atoms with van der Waals surface area (Å²) in [5.41, 5.74) is -0.893. The molecular weight excluding hydrogens is 267 g/mol. The number of hydrogen-bond acceptors (Lipinski definition) is 3. The summed E-state index contributed by atoms with van der Waals surface area (Å²) in [6, 6.07) is 4.99. The first kappa shape index (κ1) is 14.8. The lowest BCUT2D eigenvalue weighted by atomic mass is 10.1. The van der Waals surface area contributed by atoms with Crippen LogP contribution in [-0.2, 0) is 16.0 Å². The van der Waals surface area contributed by atoms with Gasteiger partial charge in [-0.2, -0.15) is 13.2 Å². The lowest BCUT2D eigenvalue weighted by Crippen LogP contribution is -2.19. The van der Waals surface area contributed by atoms with Gasteiger partial charge in [0.2, 0.25) is 0 Å². The summed E-state index contributed by atoms with van der Waals surface area (Å²) in [4.78, 5) is 0. The molecule has 0 aromatic heterocycles. The van der Waals surface area contributed by atoms with Gasteiger partial charge in [0, 0.05) is 18.0 Å². The molecule has 0 radical (unpaired) electrons. The molecule has 0 fully saturated rings. The quantitative estimate of drug-likeness (QED) is 0.902. The van der Waals surface area contributed by atoms with Crippen LogP contribution in [0.4, 0.5) is 18.9 Å². The molecule has 0 aliphatic rings. The molecule has 102 valence electrons. The van der Waals surface area contributed by atoms with Gasteiger partial charge in [-0.25, -0.2) is 8.42 Å². The van der Waals surface area contributed by atoms with Gasteiger partial charge < -0.3 is 5.32 Å². The summed E-state index contributed by atoms with van der Waals surface area (Å²) in [6.45, 7) is 1.46. The second kappa shape index (κ2) is 5.60. The van der Waals surface area contributed by atoms with Crippen molar-refractivity contribution < 1.29 is 21.6 Å². The van der Waals surface area contributed by atoms with Gasteiger partial charge in [-0.05, 0) is 12.1 Å². The molecule has 1 N–H and O–H groups in total. The average Bonchev–Trinajstić information content (AvgIpc) is 2.28. The summed E-state index contributed by atoms with van der Waals surface area (Å²) in [5, 5.41) is 2.51. The molecule has 18 heavy (non-hydrogen) atoms. The highest BCUT2D eigenvalue weighted by Crippen LogP contribution is 2.34. The SMILES string of the molecule is CCS(=O)(=O)CCNc1ccccc1C(F)(F)F. The second-order valence-corrected chi connectivity index (χ2v) is 6.18. The largest absolute Gasteiger partial charge is 0.418 e. The van der Waals surface area contributed by atoms with E-state index in [9.17, 15) is 21.6 Å². The van der Waals surface area contributed by atoms with Crippen molar-refractivity contribution in [3.63, 3.8) is 0 Å². The molecule has 0 spiro atoms. The first-order valence-electron chi connectivity index (χ1n) is 5.37. The number of anilines is 1. The standard InChI is InChI=1S/C11H14F3NO2S/c1-2-18(16,17)8-7-15-10-6-4-3-5-9(10)11(12,13)14/h3-6,15H,2,7-8H2,1H3. The van der Waals surface area contributed by atoms with Crippen LogP contribution in [0.1, 0.15) is 12.5 Å². The van der Waals surface area contributed by atoms with Gasteiger partial charge in [-0.3, -0.25) is 0 Å². The van der Waals surface area contributed by atoms with Crippen LogP contribution < -0.4 is 5.32 Å². The molecule has 7 heteroatoms. The summed E-state index contributed by atoms with van der Waals surface area (Å²) in [6.07, 6.45) is -4.45. The van der Waals surface area contributed by atoms with Crippen molar-refractivity contribution in [2.24, 2.45) is 0 Å². The van der Waals surface area contributed by atoms with Gasteiger partial charge in [-0.1, -0.05) is 19.1 Å². The van der Waals surface area contributed by atoms with E-state index in [0.717, 1.165) is 6.07 Å². The second-order valence-electron chi connectivity index (χ2n) is 3.71. The maximum Gasteiger partial charge on any atom is 0.418 e. The van der Waals surface area contributed by atoms with E-state index in [-0.39, 0.29) is 23.7 Å². The minimum Gasteiger partial charge on any atom is -0.384 e. The number of para-hydroxylation sites is 1. The third-order valence-electron chi connectivity index (χ3n) is 2.40. The Morgan fingerprint density at radius 2 is 1.83 bits per heavy atom. The van der Waals surface area contributed by atoms with Crippen molar-refractivity contribution in [3.8, 4) is 0 Å². The van der Waals surface area contributed by atoms with Crippen molar-refractivity contribution >= 4 is 15.5 Å². The van der Waals surface area contributed by atoms with Gasteiger partial charge in [0.25, 0.3) is 0 Å². The maximum absolute atomic E-state index is 12.6. The number of halogens is 3. The van der Waals surface area contributed by atoms with E-state index >= 15 is 0 Å². The zero-order valence-electron chi connectivity index (χ0n) is 9.79. The Balaban J connectivity index is 2.75. The highest BCUT2D eigenvalue weighted by molar-refractivity contribution is 7.91. The topological polar surface area (TPSA) is 46.2 Å². The monoisotopic (exact) mass is 281 g/mol. The lowest BCUT2D eigenvalue weighted by Gasteiger charge is -2.14. The fourth-order valence-corrected chi connectivity index (χ4v) is 2.07. The van der Waals surface area contributed by atoms with Crippen LogP contribution in [0.25, 0.3) is 0 Å². The molecule has 0 unspecified atom stereocenters. The Morgan fingerprint density at radius 1 is 1.22 bits per heavy atom. The number of benzene rings is 1. The van der Waals surface area contributed by atoms with Crippen molar-refractivity contribution in [1.29, 1.82) is 0 Å². The highest BCUT2D eigenvalue weighted by Gasteiger charge is 2.33. The molecule has 1 aromatic carbocycles. The predicted octanol–water partition coefficient (Wildman–Crippen LogP) is 2.55. The smallest absolute Gasteiger partial charge is 0.384 e. The molecule has 3 nitrogen and oxygen atoms in total. The van der Waals surface area contributed by atoms with Crippen LogP contribution in [0, 0.1) is 0 Å². The van der Waals surface area contributed by atoms with E-state index in [1.54, 1.807) is 0 Å². The third kappa shape index (κ3) is 4.21. The zero-order valence-corrected chi connectivity index (χ0v) is 10.6. The zero-order chi connectivity index (χ0) is 13.8. The van der Waals surface area contributed by atoms with Crippen molar-refractivity contribution in [3.05, 3.63) is 29.8 Å². The molecule has 1 rings (SSSR count). The maximum atomic E-state index is 12.6. The fraction of sp³-hybridized carbons (Fsp3) is 0.455. The fourth-order valence-electron chi connectivity index (χ4n) is 1.37. The third-order valence-corrected chi connectivity index (χ3v) is 4.11. The molecule has 0 bridgehead atoms. The number of sulfone groups is 1. The molecule has 0 saturated carbocycles. The highest BCUT2D eigenvalue weighted by atomic mass is 32.2. The predicted molar refractivity (Wildman–Crippen MR) is 64.3 cm³/mol. The molecule has 0 aliphatic carbocycles. The lowest BCUT2D eigenvalue weighted by molar-refractivity contribution is -0.136. The van der Waals surface area contributed by atoms with Crippen LogP contribution in [-0.4, -0.2) is 26.5 Å². The first-order chi connectivity index (χ1) is 8.26. The Hall–Kier alpha value is -1.24. The summed E-state index contributed by atoms with van der Waals surface area (Å²) in [7, 11) is -3.18. The van der Waals surface area contributed by atoms with E-state index in [1.165, 1.54) is 25.1 Å². The Labute approximate surface area is 104 Å². The number of rotatable bonds is 5. The van der Waals surface area contributed by atoms with Crippen molar-refractivity contribution in [2.45, 2.75) is 13.1 Å². The summed E-state index contributed by atoms with van der Waals surface area (Å²) < 4.78 is 60.3. The first-order valence-corrected chi connectivity index (χ1v) is 7.19. The normalized spacial score (nSPS) is 12.4. The minimum atomic E-state index is -4.45. The van der Waals surface area contributed by atoms with Gasteiger partial charge in [0.1, 0.15) is 0 Å². The van der Waals surface area contributed by atoms with Crippen molar-refractivity contribution in [2.75, 3.05) is 23.4 Å². The van der Waals surface area contributed by atoms with E-state index < -0.39 is 21.6 Å². The van der Waals surface area contributed by atoms with E-state index in [4.69, 9.17) is 0 Å².